The van der Waals surface area contributed by atoms with Crippen molar-refractivity contribution in [2.24, 2.45) is 0 Å². The summed E-state index contributed by atoms with van der Waals surface area (Å²) in [7, 11) is 0. The molecule has 0 aliphatic carbocycles. The first-order valence-corrected chi connectivity index (χ1v) is 3.84. The number of carbonyl (C=O) groups is 1. The van der Waals surface area contributed by atoms with Gasteiger partial charge >= 0.3 is 0 Å². The van der Waals surface area contributed by atoms with E-state index in [4.69, 9.17) is 0 Å². The van der Waals surface area contributed by atoms with Crippen molar-refractivity contribution in [3.8, 4) is 0 Å². The van der Waals surface area contributed by atoms with Gasteiger partial charge in [-0.25, -0.2) is 0 Å². The number of hydrogen-bond acceptors (Lipinski definition) is 1. The van der Waals surface area contributed by atoms with E-state index in [1.807, 2.05) is 26.0 Å². The Kier molecular flexibility index (Phi) is 4.77. The Labute approximate surface area is 73.7 Å². The summed E-state index contributed by atoms with van der Waals surface area (Å²) >= 11 is 0. The van der Waals surface area contributed by atoms with Crippen LogP contribution in [0.1, 0.15) is 20.8 Å². The van der Waals surface area contributed by atoms with E-state index in [1.165, 1.54) is 6.92 Å². The van der Waals surface area contributed by atoms with Crippen LogP contribution in [0.15, 0.2) is 36.1 Å². The molecule has 0 aromatic heterocycles. The highest BCUT2D eigenvalue weighted by molar-refractivity contribution is 5.75. The number of allylic oxidation sites excluding steroid dienone is 4. The van der Waals surface area contributed by atoms with E-state index < -0.39 is 0 Å². The summed E-state index contributed by atoms with van der Waals surface area (Å²) in [6, 6.07) is 0. The molecule has 0 bridgehead atoms. The molecule has 0 atom stereocenters. The van der Waals surface area contributed by atoms with Gasteiger partial charge < -0.3 is 5.32 Å². The molecule has 0 aliphatic heterocycles. The molecule has 1 amide bonds. The molecule has 2 nitrogen and oxygen atoms in total. The standard InChI is InChI=1S/C10H15NO/c1-5-8(3)7-10(6-2)11-9(4)12/h5-7H,2H2,1,3-4H3,(H,11,12)/b8-5?,10-7+. The third kappa shape index (κ3) is 4.50. The minimum absolute atomic E-state index is 0.0787. The SMILES string of the molecule is C=C/C(=C\C(C)=CC)NC(C)=O. The summed E-state index contributed by atoms with van der Waals surface area (Å²) in [5.74, 6) is -0.0787. The smallest absolute Gasteiger partial charge is 0.221 e. The summed E-state index contributed by atoms with van der Waals surface area (Å²) in [6.07, 6.45) is 5.45. The molecule has 0 saturated heterocycles. The monoisotopic (exact) mass is 165 g/mol. The van der Waals surface area contributed by atoms with Gasteiger partial charge in [0.25, 0.3) is 0 Å². The highest BCUT2D eigenvalue weighted by Gasteiger charge is 1.93. The zero-order chi connectivity index (χ0) is 9.56. The number of nitrogens with one attached hydrogen (secondary N) is 1. The average molecular weight is 165 g/mol. The predicted octanol–water partition coefficient (Wildman–Crippen LogP) is 2.16. The Morgan fingerprint density at radius 3 is 2.33 bits per heavy atom. The summed E-state index contributed by atoms with van der Waals surface area (Å²) in [5, 5.41) is 2.66. The highest BCUT2D eigenvalue weighted by atomic mass is 16.1. The van der Waals surface area contributed by atoms with E-state index in [0.717, 1.165) is 11.3 Å². The minimum Gasteiger partial charge on any atom is -0.326 e. The van der Waals surface area contributed by atoms with Gasteiger partial charge in [0.05, 0.1) is 0 Å². The molecule has 12 heavy (non-hydrogen) atoms. The highest BCUT2D eigenvalue weighted by Crippen LogP contribution is 1.99. The first kappa shape index (κ1) is 10.7. The zero-order valence-corrected chi connectivity index (χ0v) is 7.85. The fourth-order valence-electron chi connectivity index (χ4n) is 0.678. The summed E-state index contributed by atoms with van der Waals surface area (Å²) in [6.45, 7) is 8.97. The summed E-state index contributed by atoms with van der Waals surface area (Å²) in [5.41, 5.74) is 1.83. The molecule has 0 aliphatic rings. The van der Waals surface area contributed by atoms with Crippen molar-refractivity contribution in [1.82, 2.24) is 5.32 Å². The third-order valence-electron chi connectivity index (χ3n) is 1.38. The Morgan fingerprint density at radius 1 is 1.42 bits per heavy atom. The minimum atomic E-state index is -0.0787. The second-order valence-corrected chi connectivity index (χ2v) is 2.52. The van der Waals surface area contributed by atoms with Crippen molar-refractivity contribution in [1.29, 1.82) is 0 Å². The molecule has 66 valence electrons. The van der Waals surface area contributed by atoms with E-state index in [0.29, 0.717) is 0 Å². The van der Waals surface area contributed by atoms with Gasteiger partial charge in [0.2, 0.25) is 5.91 Å². The molecular formula is C10H15NO. The molecule has 0 spiro atoms. The second-order valence-electron chi connectivity index (χ2n) is 2.52. The van der Waals surface area contributed by atoms with Crippen LogP contribution in [0, 0.1) is 0 Å². The van der Waals surface area contributed by atoms with Gasteiger partial charge in [-0.1, -0.05) is 18.2 Å². The molecule has 0 unspecified atom stereocenters. The van der Waals surface area contributed by atoms with Gasteiger partial charge in [-0.3, -0.25) is 4.79 Å². The van der Waals surface area contributed by atoms with Crippen LogP contribution in [0.2, 0.25) is 0 Å². The first-order chi connectivity index (χ1) is 5.60. The van der Waals surface area contributed by atoms with Crippen LogP contribution in [0.3, 0.4) is 0 Å². The normalized spacial score (nSPS) is 12.6. The van der Waals surface area contributed by atoms with Crippen molar-refractivity contribution >= 4 is 5.91 Å². The van der Waals surface area contributed by atoms with E-state index in [9.17, 15) is 4.79 Å². The van der Waals surface area contributed by atoms with Crippen LogP contribution in [0.4, 0.5) is 0 Å². The van der Waals surface area contributed by atoms with Crippen molar-refractivity contribution < 1.29 is 4.79 Å². The zero-order valence-electron chi connectivity index (χ0n) is 7.85. The predicted molar refractivity (Wildman–Crippen MR) is 51.5 cm³/mol. The van der Waals surface area contributed by atoms with Crippen LogP contribution in [0.25, 0.3) is 0 Å². The van der Waals surface area contributed by atoms with Crippen molar-refractivity contribution in [2.45, 2.75) is 20.8 Å². The van der Waals surface area contributed by atoms with Crippen molar-refractivity contribution in [3.05, 3.63) is 36.1 Å². The van der Waals surface area contributed by atoms with E-state index in [1.54, 1.807) is 6.08 Å². The lowest BCUT2D eigenvalue weighted by Crippen LogP contribution is -2.17. The van der Waals surface area contributed by atoms with Crippen LogP contribution in [-0.2, 0) is 4.79 Å². The molecule has 0 heterocycles. The fourth-order valence-corrected chi connectivity index (χ4v) is 0.678. The molecule has 0 aromatic carbocycles. The maximum Gasteiger partial charge on any atom is 0.221 e. The lowest BCUT2D eigenvalue weighted by molar-refractivity contribution is -0.118. The summed E-state index contributed by atoms with van der Waals surface area (Å²) < 4.78 is 0. The molecular weight excluding hydrogens is 150 g/mol. The van der Waals surface area contributed by atoms with E-state index in [2.05, 4.69) is 11.9 Å². The maximum absolute atomic E-state index is 10.7. The molecule has 0 aromatic rings. The van der Waals surface area contributed by atoms with Crippen molar-refractivity contribution in [2.75, 3.05) is 0 Å². The van der Waals surface area contributed by atoms with Crippen LogP contribution in [0.5, 0.6) is 0 Å². The van der Waals surface area contributed by atoms with Crippen LogP contribution in [-0.4, -0.2) is 5.91 Å². The number of hydrogen-bond donors (Lipinski definition) is 1. The van der Waals surface area contributed by atoms with Gasteiger partial charge in [0.1, 0.15) is 0 Å². The molecule has 2 heteroatoms. The van der Waals surface area contributed by atoms with Gasteiger partial charge in [-0.2, -0.15) is 0 Å². The molecule has 1 N–H and O–H groups in total. The van der Waals surface area contributed by atoms with Crippen LogP contribution < -0.4 is 5.32 Å². The Bertz CT molecular complexity index is 236. The number of carbonyl (C=O) groups excluding carboxylic acids is 1. The first-order valence-electron chi connectivity index (χ1n) is 3.84. The Morgan fingerprint density at radius 2 is 2.00 bits per heavy atom. The van der Waals surface area contributed by atoms with Gasteiger partial charge in [0, 0.05) is 12.6 Å². The van der Waals surface area contributed by atoms with Gasteiger partial charge in [-0.05, 0) is 26.0 Å². The summed E-state index contributed by atoms with van der Waals surface area (Å²) in [4.78, 5) is 10.7. The largest absolute Gasteiger partial charge is 0.326 e. The average Bonchev–Trinajstić information content (AvgIpc) is 2.02. The Balaban J connectivity index is 4.43. The van der Waals surface area contributed by atoms with Gasteiger partial charge in [-0.15, -0.1) is 0 Å². The quantitative estimate of drug-likeness (QED) is 0.638. The fraction of sp³-hybridized carbons (Fsp3) is 0.300. The Hall–Kier alpha value is -1.31. The lowest BCUT2D eigenvalue weighted by atomic mass is 10.2. The molecule has 0 rings (SSSR count). The topological polar surface area (TPSA) is 29.1 Å². The number of amides is 1. The molecule has 0 radical (unpaired) electrons. The van der Waals surface area contributed by atoms with Crippen molar-refractivity contribution in [3.63, 3.8) is 0 Å². The van der Waals surface area contributed by atoms with Gasteiger partial charge in [0.15, 0.2) is 0 Å². The third-order valence-corrected chi connectivity index (χ3v) is 1.38. The second kappa shape index (κ2) is 5.35. The lowest BCUT2D eigenvalue weighted by Gasteiger charge is -2.01. The van der Waals surface area contributed by atoms with E-state index in [-0.39, 0.29) is 5.91 Å². The van der Waals surface area contributed by atoms with E-state index >= 15 is 0 Å². The molecule has 0 fully saturated rings. The van der Waals surface area contributed by atoms with Crippen LogP contribution >= 0.6 is 0 Å². The maximum atomic E-state index is 10.7. The number of rotatable bonds is 3. The molecule has 0 saturated carbocycles.